The summed E-state index contributed by atoms with van der Waals surface area (Å²) in [7, 11) is 1.50. The molecule has 0 aliphatic carbocycles. The number of ether oxygens (including phenoxy) is 1. The number of aromatic nitrogens is 3. The highest BCUT2D eigenvalue weighted by molar-refractivity contribution is 5.82. The van der Waals surface area contributed by atoms with E-state index in [2.05, 4.69) is 10.1 Å². The maximum atomic E-state index is 14.2. The first-order valence-corrected chi connectivity index (χ1v) is 8.51. The Labute approximate surface area is 158 Å². The van der Waals surface area contributed by atoms with Crippen LogP contribution >= 0.6 is 0 Å². The van der Waals surface area contributed by atoms with Gasteiger partial charge in [-0.25, -0.2) is 13.8 Å². The Morgan fingerprint density at radius 2 is 1.89 bits per heavy atom. The lowest BCUT2D eigenvalue weighted by atomic mass is 10.1. The molecule has 0 N–H and O–H groups in total. The third kappa shape index (κ3) is 3.22. The van der Waals surface area contributed by atoms with E-state index in [1.807, 2.05) is 0 Å². The summed E-state index contributed by atoms with van der Waals surface area (Å²) >= 11 is 0. The number of halogens is 2. The Morgan fingerprint density at radius 1 is 1.07 bits per heavy atom. The SMILES string of the molecule is COc1ccc(-c2nn(Cc3ccc(F)cc3F)c3ccccc3c2=O)cn1. The van der Waals surface area contributed by atoms with Crippen LogP contribution in [0.2, 0.25) is 0 Å². The molecule has 140 valence electrons. The van der Waals surface area contributed by atoms with Crippen molar-refractivity contribution in [2.75, 3.05) is 7.11 Å². The first-order chi connectivity index (χ1) is 13.6. The second-order valence-electron chi connectivity index (χ2n) is 6.18. The lowest BCUT2D eigenvalue weighted by Crippen LogP contribution is -2.17. The van der Waals surface area contributed by atoms with Gasteiger partial charge in [0.05, 0.1) is 19.2 Å². The number of methoxy groups -OCH3 is 1. The summed E-state index contributed by atoms with van der Waals surface area (Å²) in [5.74, 6) is -0.903. The molecule has 2 aromatic heterocycles. The van der Waals surface area contributed by atoms with Crippen LogP contribution in [-0.2, 0) is 6.54 Å². The molecule has 2 aromatic carbocycles. The van der Waals surface area contributed by atoms with Crippen LogP contribution in [0.4, 0.5) is 8.78 Å². The van der Waals surface area contributed by atoms with Gasteiger partial charge in [-0.15, -0.1) is 0 Å². The summed E-state index contributed by atoms with van der Waals surface area (Å²) in [6, 6.07) is 13.7. The van der Waals surface area contributed by atoms with E-state index in [1.54, 1.807) is 36.4 Å². The van der Waals surface area contributed by atoms with E-state index >= 15 is 0 Å². The van der Waals surface area contributed by atoms with Gasteiger partial charge in [-0.05, 0) is 24.3 Å². The zero-order chi connectivity index (χ0) is 19.7. The van der Waals surface area contributed by atoms with Crippen LogP contribution in [0.25, 0.3) is 22.2 Å². The van der Waals surface area contributed by atoms with Crippen molar-refractivity contribution < 1.29 is 13.5 Å². The van der Waals surface area contributed by atoms with Gasteiger partial charge in [-0.3, -0.25) is 9.48 Å². The Bertz CT molecular complexity index is 1220. The van der Waals surface area contributed by atoms with Crippen LogP contribution in [-0.4, -0.2) is 21.9 Å². The van der Waals surface area contributed by atoms with Crippen molar-refractivity contribution in [3.63, 3.8) is 0 Å². The predicted octanol–water partition coefficient (Wildman–Crippen LogP) is 3.79. The zero-order valence-electron chi connectivity index (χ0n) is 14.9. The quantitative estimate of drug-likeness (QED) is 0.541. The molecule has 0 bridgehead atoms. The summed E-state index contributed by atoms with van der Waals surface area (Å²) in [4.78, 5) is 17.1. The number of rotatable bonds is 4. The second-order valence-corrected chi connectivity index (χ2v) is 6.18. The minimum atomic E-state index is -0.669. The highest BCUT2D eigenvalue weighted by Gasteiger charge is 2.14. The van der Waals surface area contributed by atoms with Crippen molar-refractivity contribution >= 4 is 10.9 Å². The van der Waals surface area contributed by atoms with E-state index in [9.17, 15) is 13.6 Å². The van der Waals surface area contributed by atoms with Gasteiger partial charge in [-0.1, -0.05) is 18.2 Å². The van der Waals surface area contributed by atoms with Crippen LogP contribution in [0.3, 0.4) is 0 Å². The molecule has 0 saturated heterocycles. The highest BCUT2D eigenvalue weighted by Crippen LogP contribution is 2.20. The minimum Gasteiger partial charge on any atom is -0.481 e. The standard InChI is InChI=1S/C21H15F2N3O2/c1-28-19-9-7-13(11-24-19)20-21(27)16-4-2-3-5-18(16)26(25-20)12-14-6-8-15(22)10-17(14)23/h2-11H,12H2,1H3. The molecule has 2 heterocycles. The van der Waals surface area contributed by atoms with E-state index in [-0.39, 0.29) is 23.2 Å². The van der Waals surface area contributed by atoms with Crippen molar-refractivity contribution in [1.29, 1.82) is 0 Å². The molecule has 0 saturated carbocycles. The molecule has 0 radical (unpaired) electrons. The van der Waals surface area contributed by atoms with Gasteiger partial charge in [0.1, 0.15) is 17.3 Å². The Kier molecular flexibility index (Phi) is 4.57. The van der Waals surface area contributed by atoms with Gasteiger partial charge in [0.15, 0.2) is 0 Å². The molecule has 0 fully saturated rings. The monoisotopic (exact) mass is 379 g/mol. The van der Waals surface area contributed by atoms with E-state index in [1.165, 1.54) is 30.1 Å². The third-order valence-electron chi connectivity index (χ3n) is 4.42. The van der Waals surface area contributed by atoms with Gasteiger partial charge < -0.3 is 4.74 Å². The van der Waals surface area contributed by atoms with Crippen molar-refractivity contribution in [2.45, 2.75) is 6.54 Å². The summed E-state index contributed by atoms with van der Waals surface area (Å²) in [6.07, 6.45) is 1.50. The lowest BCUT2D eigenvalue weighted by Gasteiger charge is -2.13. The first-order valence-electron chi connectivity index (χ1n) is 8.51. The Balaban J connectivity index is 1.89. The summed E-state index contributed by atoms with van der Waals surface area (Å²) < 4.78 is 34.0. The molecular formula is C21H15F2N3O2. The number of hydrogen-bond acceptors (Lipinski definition) is 4. The summed E-state index contributed by atoms with van der Waals surface area (Å²) in [5.41, 5.74) is 1.28. The number of hydrogen-bond donors (Lipinski definition) is 0. The molecular weight excluding hydrogens is 364 g/mol. The molecule has 0 spiro atoms. The third-order valence-corrected chi connectivity index (χ3v) is 4.42. The molecule has 0 aliphatic heterocycles. The van der Waals surface area contributed by atoms with Gasteiger partial charge in [0.2, 0.25) is 11.3 Å². The van der Waals surface area contributed by atoms with Gasteiger partial charge >= 0.3 is 0 Å². The molecule has 28 heavy (non-hydrogen) atoms. The maximum Gasteiger partial charge on any atom is 0.215 e. The van der Waals surface area contributed by atoms with E-state index in [0.29, 0.717) is 22.3 Å². The summed E-state index contributed by atoms with van der Waals surface area (Å²) in [6.45, 7) is 0.0451. The van der Waals surface area contributed by atoms with E-state index in [0.717, 1.165) is 6.07 Å². The second kappa shape index (κ2) is 7.19. The molecule has 0 aliphatic rings. The molecule has 5 nitrogen and oxygen atoms in total. The smallest absolute Gasteiger partial charge is 0.215 e. The fourth-order valence-electron chi connectivity index (χ4n) is 3.00. The van der Waals surface area contributed by atoms with Crippen molar-refractivity contribution in [3.8, 4) is 17.1 Å². The number of fused-ring (bicyclic) bond motifs is 1. The van der Waals surface area contributed by atoms with Crippen molar-refractivity contribution in [3.05, 3.63) is 88.2 Å². The zero-order valence-corrected chi connectivity index (χ0v) is 14.9. The van der Waals surface area contributed by atoms with Gasteiger partial charge in [0.25, 0.3) is 0 Å². The topological polar surface area (TPSA) is 57.0 Å². The number of benzene rings is 2. The average molecular weight is 379 g/mol. The van der Waals surface area contributed by atoms with Gasteiger partial charge in [0, 0.05) is 34.8 Å². The van der Waals surface area contributed by atoms with Crippen molar-refractivity contribution in [2.24, 2.45) is 0 Å². The molecule has 4 rings (SSSR count). The molecule has 0 amide bonds. The van der Waals surface area contributed by atoms with Gasteiger partial charge in [-0.2, -0.15) is 5.10 Å². The van der Waals surface area contributed by atoms with Crippen LogP contribution in [0, 0.1) is 11.6 Å². The molecule has 0 unspecified atom stereocenters. The predicted molar refractivity (Wildman–Crippen MR) is 101 cm³/mol. The lowest BCUT2D eigenvalue weighted by molar-refractivity contribution is 0.398. The Hall–Kier alpha value is -3.61. The average Bonchev–Trinajstić information content (AvgIpc) is 2.72. The van der Waals surface area contributed by atoms with Crippen LogP contribution in [0.15, 0.2) is 65.6 Å². The number of para-hydroxylation sites is 1. The van der Waals surface area contributed by atoms with Crippen LogP contribution in [0.5, 0.6) is 5.88 Å². The normalized spacial score (nSPS) is 11.0. The largest absolute Gasteiger partial charge is 0.481 e. The molecule has 0 atom stereocenters. The van der Waals surface area contributed by atoms with E-state index in [4.69, 9.17) is 4.74 Å². The van der Waals surface area contributed by atoms with Crippen LogP contribution < -0.4 is 10.2 Å². The highest BCUT2D eigenvalue weighted by atomic mass is 19.1. The Morgan fingerprint density at radius 3 is 2.61 bits per heavy atom. The number of nitrogens with zero attached hydrogens (tertiary/aromatic N) is 3. The van der Waals surface area contributed by atoms with E-state index < -0.39 is 11.6 Å². The first kappa shape index (κ1) is 17.8. The maximum absolute atomic E-state index is 14.2. The fraction of sp³-hybridized carbons (Fsp3) is 0.0952. The molecule has 4 aromatic rings. The number of pyridine rings is 1. The summed E-state index contributed by atoms with van der Waals surface area (Å²) in [5, 5.41) is 4.90. The minimum absolute atomic E-state index is 0.0451. The van der Waals surface area contributed by atoms with Crippen LogP contribution in [0.1, 0.15) is 5.56 Å². The van der Waals surface area contributed by atoms with Crippen molar-refractivity contribution in [1.82, 2.24) is 14.8 Å². The molecule has 7 heteroatoms. The fourth-order valence-corrected chi connectivity index (χ4v) is 3.00.